The number of anilines is 1. The van der Waals surface area contributed by atoms with Gasteiger partial charge in [0.2, 0.25) is 0 Å². The average molecular weight is 485 g/mol. The lowest BCUT2D eigenvalue weighted by molar-refractivity contribution is -0.141. The Morgan fingerprint density at radius 3 is 2.60 bits per heavy atom. The van der Waals surface area contributed by atoms with Crippen molar-refractivity contribution in [2.45, 2.75) is 19.2 Å². The van der Waals surface area contributed by atoms with E-state index in [9.17, 15) is 18.0 Å². The van der Waals surface area contributed by atoms with Crippen LogP contribution in [0.1, 0.15) is 23.3 Å². The van der Waals surface area contributed by atoms with Gasteiger partial charge in [0.25, 0.3) is 5.56 Å². The SMILES string of the molecule is Cc1nc2cc(N3CCO[C@H](c4ccn(C)n4)C3)nc(-c3ccc(C(F)(F)F)nc3)c2c(=O)n1C. The van der Waals surface area contributed by atoms with Gasteiger partial charge in [0.15, 0.2) is 0 Å². The third kappa shape index (κ3) is 4.25. The predicted molar refractivity (Wildman–Crippen MR) is 122 cm³/mol. The number of ether oxygens (including phenoxy) is 1. The first kappa shape index (κ1) is 23.0. The summed E-state index contributed by atoms with van der Waals surface area (Å²) in [7, 11) is 3.42. The Morgan fingerprint density at radius 1 is 1.14 bits per heavy atom. The van der Waals surface area contributed by atoms with Crippen LogP contribution in [-0.2, 0) is 25.0 Å². The van der Waals surface area contributed by atoms with E-state index in [0.29, 0.717) is 42.4 Å². The first-order chi connectivity index (χ1) is 16.6. The molecule has 4 aromatic rings. The van der Waals surface area contributed by atoms with E-state index < -0.39 is 11.9 Å². The summed E-state index contributed by atoms with van der Waals surface area (Å²) in [5.41, 5.74) is 0.360. The van der Waals surface area contributed by atoms with E-state index >= 15 is 0 Å². The second-order valence-electron chi connectivity index (χ2n) is 8.40. The van der Waals surface area contributed by atoms with E-state index in [1.165, 1.54) is 10.6 Å². The summed E-state index contributed by atoms with van der Waals surface area (Å²) in [5.74, 6) is 1.04. The van der Waals surface area contributed by atoms with E-state index in [1.807, 2.05) is 24.2 Å². The van der Waals surface area contributed by atoms with Crippen LogP contribution in [0.3, 0.4) is 0 Å². The number of hydrogen-bond donors (Lipinski definition) is 0. The summed E-state index contributed by atoms with van der Waals surface area (Å²) >= 11 is 0. The smallest absolute Gasteiger partial charge is 0.368 e. The molecule has 182 valence electrons. The molecule has 12 heteroatoms. The minimum atomic E-state index is -4.57. The third-order valence-corrected chi connectivity index (χ3v) is 6.05. The number of pyridine rings is 2. The number of hydrogen-bond acceptors (Lipinski definition) is 7. The number of nitrogens with zero attached hydrogens (tertiary/aromatic N) is 7. The van der Waals surface area contributed by atoms with Crippen molar-refractivity contribution in [1.29, 1.82) is 0 Å². The molecule has 0 aromatic carbocycles. The number of rotatable bonds is 3. The molecular weight excluding hydrogens is 463 g/mol. The summed E-state index contributed by atoms with van der Waals surface area (Å²) in [6.07, 6.45) is -1.93. The molecule has 1 aliphatic heterocycles. The van der Waals surface area contributed by atoms with Gasteiger partial charge in [-0.3, -0.25) is 19.0 Å². The van der Waals surface area contributed by atoms with Crippen molar-refractivity contribution < 1.29 is 17.9 Å². The van der Waals surface area contributed by atoms with Crippen molar-refractivity contribution in [2.75, 3.05) is 24.6 Å². The van der Waals surface area contributed by atoms with Gasteiger partial charge in [-0.1, -0.05) is 0 Å². The standard InChI is InChI=1S/C23H22F3N7O2/c1-13-28-16-10-19(33-8-9-35-17(12-33)15-6-7-31(2)30-15)29-21(20(16)22(34)32(13)3)14-4-5-18(27-11-14)23(24,25)26/h4-7,10-11,17H,8-9,12H2,1-3H3/t17-/m0/s1. The highest BCUT2D eigenvalue weighted by atomic mass is 19.4. The zero-order valence-electron chi connectivity index (χ0n) is 19.2. The second kappa shape index (κ2) is 8.45. The van der Waals surface area contributed by atoms with E-state index in [1.54, 1.807) is 24.7 Å². The lowest BCUT2D eigenvalue weighted by atomic mass is 10.1. The normalized spacial score (nSPS) is 16.7. The van der Waals surface area contributed by atoms with Gasteiger partial charge in [0.1, 0.15) is 23.4 Å². The summed E-state index contributed by atoms with van der Waals surface area (Å²) in [6.45, 7) is 3.15. The van der Waals surface area contributed by atoms with Crippen LogP contribution in [0.2, 0.25) is 0 Å². The van der Waals surface area contributed by atoms with Gasteiger partial charge in [0, 0.05) is 44.7 Å². The molecule has 0 spiro atoms. The van der Waals surface area contributed by atoms with Crippen molar-refractivity contribution in [3.8, 4) is 11.3 Å². The van der Waals surface area contributed by atoms with Crippen LogP contribution in [0.15, 0.2) is 41.5 Å². The van der Waals surface area contributed by atoms with E-state index in [0.717, 1.165) is 18.0 Å². The monoisotopic (exact) mass is 485 g/mol. The Balaban J connectivity index is 1.63. The molecule has 0 N–H and O–H groups in total. The Kier molecular flexibility index (Phi) is 5.55. The molecule has 1 atom stereocenters. The summed E-state index contributed by atoms with van der Waals surface area (Å²) in [5, 5.41) is 4.65. The van der Waals surface area contributed by atoms with Crippen LogP contribution in [0.4, 0.5) is 19.0 Å². The van der Waals surface area contributed by atoms with E-state index in [-0.39, 0.29) is 22.7 Å². The molecule has 5 rings (SSSR count). The van der Waals surface area contributed by atoms with Crippen LogP contribution < -0.4 is 10.5 Å². The van der Waals surface area contributed by atoms with Crippen LogP contribution in [0.5, 0.6) is 0 Å². The molecule has 0 radical (unpaired) electrons. The molecule has 0 amide bonds. The third-order valence-electron chi connectivity index (χ3n) is 6.05. The number of alkyl halides is 3. The molecule has 0 bridgehead atoms. The average Bonchev–Trinajstić information content (AvgIpc) is 3.28. The minimum Gasteiger partial charge on any atom is -0.368 e. The van der Waals surface area contributed by atoms with E-state index in [2.05, 4.69) is 15.1 Å². The topological polar surface area (TPSA) is 91.0 Å². The summed E-state index contributed by atoms with van der Waals surface area (Å²) in [6, 6.07) is 5.77. The van der Waals surface area contributed by atoms with Crippen LogP contribution >= 0.6 is 0 Å². The van der Waals surface area contributed by atoms with Crippen molar-refractivity contribution in [2.24, 2.45) is 14.1 Å². The molecule has 0 unspecified atom stereocenters. The van der Waals surface area contributed by atoms with Crippen LogP contribution in [-0.4, -0.2) is 49.0 Å². The molecule has 0 saturated carbocycles. The highest BCUT2D eigenvalue weighted by Crippen LogP contribution is 2.32. The number of morpholine rings is 1. The van der Waals surface area contributed by atoms with Gasteiger partial charge in [-0.2, -0.15) is 18.3 Å². The van der Waals surface area contributed by atoms with Crippen molar-refractivity contribution in [1.82, 2.24) is 29.3 Å². The number of halogens is 3. The molecule has 35 heavy (non-hydrogen) atoms. The van der Waals surface area contributed by atoms with Crippen molar-refractivity contribution in [3.63, 3.8) is 0 Å². The molecule has 5 heterocycles. The van der Waals surface area contributed by atoms with Gasteiger partial charge in [-0.05, 0) is 25.1 Å². The largest absolute Gasteiger partial charge is 0.433 e. The maximum Gasteiger partial charge on any atom is 0.433 e. The highest BCUT2D eigenvalue weighted by Gasteiger charge is 2.32. The maximum atomic E-state index is 13.1. The van der Waals surface area contributed by atoms with E-state index in [4.69, 9.17) is 9.72 Å². The molecule has 4 aromatic heterocycles. The Bertz CT molecular complexity index is 1460. The molecule has 1 saturated heterocycles. The summed E-state index contributed by atoms with van der Waals surface area (Å²) < 4.78 is 48.1. The highest BCUT2D eigenvalue weighted by molar-refractivity contribution is 5.93. The minimum absolute atomic E-state index is 0.220. The lowest BCUT2D eigenvalue weighted by Crippen LogP contribution is -2.39. The first-order valence-corrected chi connectivity index (χ1v) is 10.9. The fourth-order valence-corrected chi connectivity index (χ4v) is 4.10. The number of aromatic nitrogens is 6. The quantitative estimate of drug-likeness (QED) is 0.441. The zero-order chi connectivity index (χ0) is 24.9. The number of fused-ring (bicyclic) bond motifs is 1. The number of aryl methyl sites for hydroxylation is 2. The molecule has 9 nitrogen and oxygen atoms in total. The zero-order valence-corrected chi connectivity index (χ0v) is 19.2. The summed E-state index contributed by atoms with van der Waals surface area (Å²) in [4.78, 5) is 28.0. The molecule has 0 aliphatic carbocycles. The fourth-order valence-electron chi connectivity index (χ4n) is 4.10. The molecule has 1 aliphatic rings. The lowest BCUT2D eigenvalue weighted by Gasteiger charge is -2.33. The van der Waals surface area contributed by atoms with Crippen LogP contribution in [0.25, 0.3) is 22.2 Å². The van der Waals surface area contributed by atoms with Gasteiger partial charge in [-0.15, -0.1) is 0 Å². The van der Waals surface area contributed by atoms with Crippen molar-refractivity contribution in [3.05, 3.63) is 64.2 Å². The fraction of sp³-hybridized carbons (Fsp3) is 0.348. The molecular formula is C23H22F3N7O2. The Morgan fingerprint density at radius 2 is 1.94 bits per heavy atom. The van der Waals surface area contributed by atoms with Gasteiger partial charge in [0.05, 0.1) is 35.4 Å². The van der Waals surface area contributed by atoms with Gasteiger partial charge in [-0.25, -0.2) is 9.97 Å². The van der Waals surface area contributed by atoms with Crippen LogP contribution in [0, 0.1) is 6.92 Å². The first-order valence-electron chi connectivity index (χ1n) is 10.9. The van der Waals surface area contributed by atoms with Crippen molar-refractivity contribution >= 4 is 16.7 Å². The van der Waals surface area contributed by atoms with Gasteiger partial charge >= 0.3 is 6.18 Å². The van der Waals surface area contributed by atoms with Gasteiger partial charge < -0.3 is 9.64 Å². The molecule has 1 fully saturated rings. The Labute approximate surface area is 197 Å². The second-order valence-corrected chi connectivity index (χ2v) is 8.40. The maximum absolute atomic E-state index is 13.1. The Hall–Kier alpha value is -3.80. The predicted octanol–water partition coefficient (Wildman–Crippen LogP) is 3.03.